The van der Waals surface area contributed by atoms with E-state index >= 15 is 0 Å². The zero-order chi connectivity index (χ0) is 18.0. The van der Waals surface area contributed by atoms with Crippen molar-refractivity contribution in [2.75, 3.05) is 14.2 Å². The van der Waals surface area contributed by atoms with Gasteiger partial charge in [0.15, 0.2) is 0 Å². The maximum Gasteiger partial charge on any atom is 0.122 e. The number of benzene rings is 2. The van der Waals surface area contributed by atoms with Gasteiger partial charge in [-0.05, 0) is 55.7 Å². The van der Waals surface area contributed by atoms with Crippen LogP contribution in [0.15, 0.2) is 30.3 Å². The number of nitrogens with one attached hydrogen (secondary N) is 2. The first-order valence-electron chi connectivity index (χ1n) is 8.53. The first-order valence-corrected chi connectivity index (χ1v) is 8.53. The number of hydrogen-bond acceptors (Lipinski definition) is 3. The minimum Gasteiger partial charge on any atom is -0.497 e. The molecule has 3 rings (SSSR count). The molecular weight excluding hydrogens is 312 g/mol. The predicted molar refractivity (Wildman–Crippen MR) is 103 cm³/mol. The molecule has 0 spiro atoms. The van der Waals surface area contributed by atoms with Gasteiger partial charge < -0.3 is 19.8 Å². The van der Waals surface area contributed by atoms with E-state index in [0.29, 0.717) is 0 Å². The molecule has 1 aromatic heterocycles. The van der Waals surface area contributed by atoms with Crippen LogP contribution in [0.2, 0.25) is 0 Å². The molecule has 2 aromatic carbocycles. The lowest BCUT2D eigenvalue weighted by Gasteiger charge is -2.11. The Balaban J connectivity index is 1.79. The molecule has 4 heteroatoms. The lowest BCUT2D eigenvalue weighted by molar-refractivity contribution is 0.393. The summed E-state index contributed by atoms with van der Waals surface area (Å²) in [6, 6.07) is 10.5. The maximum atomic E-state index is 5.34. The highest BCUT2D eigenvalue weighted by atomic mass is 16.5. The second kappa shape index (κ2) is 7.19. The zero-order valence-corrected chi connectivity index (χ0v) is 15.6. The average Bonchev–Trinajstić information content (AvgIpc) is 2.89. The van der Waals surface area contributed by atoms with E-state index in [2.05, 4.69) is 43.2 Å². The molecule has 0 amide bonds. The van der Waals surface area contributed by atoms with Crippen molar-refractivity contribution in [3.8, 4) is 11.5 Å². The van der Waals surface area contributed by atoms with Crippen LogP contribution in [-0.2, 0) is 13.1 Å². The van der Waals surface area contributed by atoms with Gasteiger partial charge in [0.2, 0.25) is 0 Å². The van der Waals surface area contributed by atoms with Gasteiger partial charge in [0.05, 0.1) is 19.7 Å². The lowest BCUT2D eigenvalue weighted by atomic mass is 10.0. The summed E-state index contributed by atoms with van der Waals surface area (Å²) >= 11 is 0. The zero-order valence-electron chi connectivity index (χ0n) is 15.6. The molecule has 0 radical (unpaired) electrons. The van der Waals surface area contributed by atoms with Crippen molar-refractivity contribution < 1.29 is 9.47 Å². The van der Waals surface area contributed by atoms with Crippen LogP contribution >= 0.6 is 0 Å². The van der Waals surface area contributed by atoms with Crippen LogP contribution in [0.1, 0.15) is 27.9 Å². The minimum atomic E-state index is 0.752. The number of aromatic amines is 1. The summed E-state index contributed by atoms with van der Waals surface area (Å²) in [6.07, 6.45) is 0. The van der Waals surface area contributed by atoms with Crippen molar-refractivity contribution in [3.63, 3.8) is 0 Å². The Labute approximate surface area is 149 Å². The van der Waals surface area contributed by atoms with E-state index in [1.165, 1.54) is 33.3 Å². The Kier molecular flexibility index (Phi) is 5.00. The predicted octanol–water partition coefficient (Wildman–Crippen LogP) is 4.40. The standard InChI is InChI=1S/C21H26N2O2/c1-13-6-17(21-20(7-13)14(2)15(3)23-21)12-22-11-16-8-18(24-4)10-19(9-16)25-5/h6-10,22-23H,11-12H2,1-5H3. The van der Waals surface area contributed by atoms with Crippen molar-refractivity contribution in [2.45, 2.75) is 33.9 Å². The van der Waals surface area contributed by atoms with E-state index in [4.69, 9.17) is 9.47 Å². The Hall–Kier alpha value is -2.46. The van der Waals surface area contributed by atoms with Gasteiger partial charge >= 0.3 is 0 Å². The highest BCUT2D eigenvalue weighted by Gasteiger charge is 2.09. The van der Waals surface area contributed by atoms with Crippen molar-refractivity contribution >= 4 is 10.9 Å². The van der Waals surface area contributed by atoms with Crippen LogP contribution < -0.4 is 14.8 Å². The summed E-state index contributed by atoms with van der Waals surface area (Å²) in [7, 11) is 3.34. The third kappa shape index (κ3) is 3.64. The Morgan fingerprint density at radius 3 is 2.20 bits per heavy atom. The Bertz CT molecular complexity index is 874. The second-order valence-corrected chi connectivity index (χ2v) is 6.55. The molecule has 0 aliphatic rings. The lowest BCUT2D eigenvalue weighted by Crippen LogP contribution is -2.13. The largest absolute Gasteiger partial charge is 0.497 e. The number of rotatable bonds is 6. The Morgan fingerprint density at radius 1 is 0.880 bits per heavy atom. The molecule has 132 valence electrons. The van der Waals surface area contributed by atoms with Gasteiger partial charge in [0.25, 0.3) is 0 Å². The Morgan fingerprint density at radius 2 is 1.56 bits per heavy atom. The van der Waals surface area contributed by atoms with Gasteiger partial charge in [-0.1, -0.05) is 11.6 Å². The van der Waals surface area contributed by atoms with Crippen molar-refractivity contribution in [2.24, 2.45) is 0 Å². The number of aryl methyl sites for hydroxylation is 3. The van der Waals surface area contributed by atoms with Crippen molar-refractivity contribution in [3.05, 3.63) is 58.3 Å². The highest BCUT2D eigenvalue weighted by Crippen LogP contribution is 2.26. The minimum absolute atomic E-state index is 0.752. The molecule has 0 aliphatic carbocycles. The van der Waals surface area contributed by atoms with E-state index in [0.717, 1.165) is 30.2 Å². The molecule has 0 fully saturated rings. The average molecular weight is 338 g/mol. The summed E-state index contributed by atoms with van der Waals surface area (Å²) in [5, 5.41) is 4.85. The number of methoxy groups -OCH3 is 2. The number of ether oxygens (including phenoxy) is 2. The van der Waals surface area contributed by atoms with E-state index in [1.54, 1.807) is 14.2 Å². The van der Waals surface area contributed by atoms with Gasteiger partial charge in [-0.25, -0.2) is 0 Å². The molecule has 4 nitrogen and oxygen atoms in total. The van der Waals surface area contributed by atoms with Gasteiger partial charge in [0, 0.05) is 30.2 Å². The number of H-pyrrole nitrogens is 1. The quantitative estimate of drug-likeness (QED) is 0.700. The summed E-state index contributed by atoms with van der Waals surface area (Å²) in [6.45, 7) is 8.01. The van der Waals surface area contributed by atoms with E-state index in [-0.39, 0.29) is 0 Å². The highest BCUT2D eigenvalue weighted by molar-refractivity contribution is 5.87. The van der Waals surface area contributed by atoms with Crippen molar-refractivity contribution in [1.29, 1.82) is 0 Å². The van der Waals surface area contributed by atoms with Crippen LogP contribution in [0, 0.1) is 20.8 Å². The molecule has 2 N–H and O–H groups in total. The second-order valence-electron chi connectivity index (χ2n) is 6.55. The molecule has 1 heterocycles. The fourth-order valence-electron chi connectivity index (χ4n) is 3.24. The normalized spacial score (nSPS) is 11.1. The topological polar surface area (TPSA) is 46.3 Å². The monoisotopic (exact) mass is 338 g/mol. The number of aromatic nitrogens is 1. The van der Waals surface area contributed by atoms with Crippen molar-refractivity contribution in [1.82, 2.24) is 10.3 Å². The van der Waals surface area contributed by atoms with Gasteiger partial charge in [0.1, 0.15) is 11.5 Å². The molecule has 0 atom stereocenters. The molecule has 0 aliphatic heterocycles. The fourth-order valence-corrected chi connectivity index (χ4v) is 3.24. The van der Waals surface area contributed by atoms with E-state index < -0.39 is 0 Å². The molecule has 0 bridgehead atoms. The smallest absolute Gasteiger partial charge is 0.122 e. The van der Waals surface area contributed by atoms with E-state index in [1.807, 2.05) is 18.2 Å². The fraction of sp³-hybridized carbons (Fsp3) is 0.333. The third-order valence-corrected chi connectivity index (χ3v) is 4.70. The SMILES string of the molecule is COc1cc(CNCc2cc(C)cc3c(C)c(C)[nH]c23)cc(OC)c1. The molecule has 25 heavy (non-hydrogen) atoms. The molecule has 0 saturated heterocycles. The van der Waals surface area contributed by atoms with E-state index in [9.17, 15) is 0 Å². The maximum absolute atomic E-state index is 5.34. The van der Waals surface area contributed by atoms with Gasteiger partial charge in [-0.2, -0.15) is 0 Å². The first kappa shape index (κ1) is 17.4. The summed E-state index contributed by atoms with van der Waals surface area (Å²) in [5.74, 6) is 1.62. The number of fused-ring (bicyclic) bond motifs is 1. The van der Waals surface area contributed by atoms with Gasteiger partial charge in [-0.15, -0.1) is 0 Å². The van der Waals surface area contributed by atoms with Gasteiger partial charge in [-0.3, -0.25) is 0 Å². The summed E-state index contributed by atoms with van der Waals surface area (Å²) in [4.78, 5) is 3.53. The number of hydrogen-bond donors (Lipinski definition) is 2. The van der Waals surface area contributed by atoms with Crippen LogP contribution in [0.25, 0.3) is 10.9 Å². The van der Waals surface area contributed by atoms with Crippen LogP contribution in [0.3, 0.4) is 0 Å². The molecule has 3 aromatic rings. The molecular formula is C21H26N2O2. The summed E-state index contributed by atoms with van der Waals surface area (Å²) < 4.78 is 10.7. The van der Waals surface area contributed by atoms with Crippen LogP contribution in [-0.4, -0.2) is 19.2 Å². The summed E-state index contributed by atoms with van der Waals surface area (Å²) in [5.41, 5.74) is 7.52. The van der Waals surface area contributed by atoms with Crippen LogP contribution in [0.5, 0.6) is 11.5 Å². The third-order valence-electron chi connectivity index (χ3n) is 4.70. The molecule has 0 saturated carbocycles. The molecule has 0 unspecified atom stereocenters. The van der Waals surface area contributed by atoms with Crippen LogP contribution in [0.4, 0.5) is 0 Å². The first-order chi connectivity index (χ1) is 12.0.